The summed E-state index contributed by atoms with van der Waals surface area (Å²) in [7, 11) is 1.25. The van der Waals surface area contributed by atoms with E-state index in [1.165, 1.54) is 7.11 Å². The van der Waals surface area contributed by atoms with Crippen molar-refractivity contribution in [1.82, 2.24) is 15.2 Å². The largest absolute Gasteiger partial charge is 0.508 e. The summed E-state index contributed by atoms with van der Waals surface area (Å²) in [6.07, 6.45) is 0. The lowest BCUT2D eigenvalue weighted by Crippen LogP contribution is -1.99. The van der Waals surface area contributed by atoms with Gasteiger partial charge in [0.1, 0.15) is 5.75 Å². The predicted octanol–water partition coefficient (Wildman–Crippen LogP) is 2.99. The van der Waals surface area contributed by atoms with Crippen LogP contribution in [0.25, 0.3) is 22.5 Å². The molecule has 2 aromatic carbocycles. The van der Waals surface area contributed by atoms with Crippen LogP contribution in [0, 0.1) is 4.91 Å². The van der Waals surface area contributed by atoms with Crippen LogP contribution in [0.4, 0.5) is 5.69 Å². The first-order valence-corrected chi connectivity index (χ1v) is 8.68. The lowest BCUT2D eigenvalue weighted by molar-refractivity contribution is -0.736. The Hall–Kier alpha value is -3.40. The summed E-state index contributed by atoms with van der Waals surface area (Å²) in [5.74, 6) is -0.668. The Balaban J connectivity index is 2.03. The van der Waals surface area contributed by atoms with Gasteiger partial charge in [-0.25, -0.2) is 9.82 Å². The highest BCUT2D eigenvalue weighted by atomic mass is 32.2. The number of hydrogen-bond acceptors (Lipinski definition) is 7. The van der Waals surface area contributed by atoms with Crippen LogP contribution in [-0.4, -0.2) is 49.1 Å². The average molecular weight is 387 g/mol. The van der Waals surface area contributed by atoms with Gasteiger partial charge in [0.15, 0.2) is 12.9 Å². The maximum atomic E-state index is 12.0. The lowest BCUT2D eigenvalue weighted by Gasteiger charge is -2.05. The summed E-state index contributed by atoms with van der Waals surface area (Å²) in [4.78, 5) is 32.0. The minimum Gasteiger partial charge on any atom is -0.508 e. The number of carboxylic acid groups (broad SMARTS) is 1. The van der Waals surface area contributed by atoms with Gasteiger partial charge < -0.3 is 10.2 Å². The van der Waals surface area contributed by atoms with Crippen LogP contribution in [0.2, 0.25) is 0 Å². The van der Waals surface area contributed by atoms with Crippen LogP contribution < -0.4 is 0 Å². The zero-order valence-corrected chi connectivity index (χ0v) is 14.9. The number of aliphatic carboxylic acids is 1. The molecule has 0 aliphatic carbocycles. The monoisotopic (exact) mass is 387 g/mol. The number of aromatic hydroxyl groups is 1. The molecule has 1 aromatic heterocycles. The highest BCUT2D eigenvalue weighted by molar-refractivity contribution is 7.99. The van der Waals surface area contributed by atoms with Crippen LogP contribution in [-0.2, 0) is 9.63 Å². The Morgan fingerprint density at radius 1 is 1.22 bits per heavy atom. The zero-order chi connectivity index (χ0) is 19.4. The SMILES string of the molecule is CO[N+](=O)c1cc(-c2cccc(O)c2)cc(-c2nc(SCC(=O)O)n[nH]2)c1. The molecule has 3 aromatic rings. The van der Waals surface area contributed by atoms with Gasteiger partial charge in [-0.1, -0.05) is 23.9 Å². The van der Waals surface area contributed by atoms with Gasteiger partial charge in [-0.3, -0.25) is 9.89 Å². The van der Waals surface area contributed by atoms with E-state index >= 15 is 0 Å². The highest BCUT2D eigenvalue weighted by Crippen LogP contribution is 2.32. The normalized spacial score (nSPS) is 10.6. The number of thioether (sulfide) groups is 1. The Kier molecular flexibility index (Phi) is 5.36. The maximum absolute atomic E-state index is 12.0. The average Bonchev–Trinajstić information content (AvgIpc) is 3.14. The fourth-order valence-corrected chi connectivity index (χ4v) is 2.90. The van der Waals surface area contributed by atoms with Gasteiger partial charge in [-0.15, -0.1) is 5.10 Å². The van der Waals surface area contributed by atoms with Crippen molar-refractivity contribution in [2.24, 2.45) is 0 Å². The number of aromatic nitrogens is 3. The smallest absolute Gasteiger partial charge is 0.318 e. The van der Waals surface area contributed by atoms with Gasteiger partial charge in [0.05, 0.1) is 10.7 Å². The van der Waals surface area contributed by atoms with E-state index in [0.717, 1.165) is 11.8 Å². The van der Waals surface area contributed by atoms with E-state index in [1.54, 1.807) is 42.5 Å². The summed E-state index contributed by atoms with van der Waals surface area (Å²) < 4.78 is 0. The van der Waals surface area contributed by atoms with E-state index in [9.17, 15) is 14.8 Å². The molecule has 3 N–H and O–H groups in total. The fourth-order valence-electron chi connectivity index (χ4n) is 2.38. The molecular weight excluding hydrogens is 372 g/mol. The molecule has 0 amide bonds. The number of rotatable bonds is 7. The summed E-state index contributed by atoms with van der Waals surface area (Å²) in [5.41, 5.74) is 2.14. The molecule has 0 bridgehead atoms. The number of phenolic OH excluding ortho intramolecular Hbond substituents is 1. The first-order valence-electron chi connectivity index (χ1n) is 7.69. The maximum Gasteiger partial charge on any atom is 0.318 e. The molecule has 0 aliphatic heterocycles. The number of H-pyrrole nitrogens is 1. The van der Waals surface area contributed by atoms with Crippen molar-refractivity contribution in [3.05, 3.63) is 47.4 Å². The number of nitrogens with zero attached hydrogens (tertiary/aromatic N) is 3. The topological polar surface area (TPSA) is 128 Å². The van der Waals surface area contributed by atoms with Crippen molar-refractivity contribution < 1.29 is 24.8 Å². The third-order valence-corrected chi connectivity index (χ3v) is 4.37. The van der Waals surface area contributed by atoms with E-state index < -0.39 is 5.97 Å². The molecule has 0 saturated heterocycles. The van der Waals surface area contributed by atoms with Crippen LogP contribution in [0.3, 0.4) is 0 Å². The zero-order valence-electron chi connectivity index (χ0n) is 14.1. The van der Waals surface area contributed by atoms with Crippen molar-refractivity contribution in [3.8, 4) is 28.3 Å². The van der Waals surface area contributed by atoms with Gasteiger partial charge in [0.2, 0.25) is 5.16 Å². The molecule has 3 rings (SSSR count). The molecule has 9 nitrogen and oxygen atoms in total. The molecular formula is C17H15N4O5S+. The van der Waals surface area contributed by atoms with Gasteiger partial charge in [-0.2, -0.15) is 0 Å². The molecule has 10 heteroatoms. The molecule has 0 radical (unpaired) electrons. The Labute approximate surface area is 157 Å². The number of hydrogen-bond donors (Lipinski definition) is 3. The van der Waals surface area contributed by atoms with E-state index in [-0.39, 0.29) is 22.3 Å². The molecule has 27 heavy (non-hydrogen) atoms. The summed E-state index contributed by atoms with van der Waals surface area (Å²) >= 11 is 0.979. The Morgan fingerprint density at radius 2 is 2.00 bits per heavy atom. The number of carboxylic acids is 1. The van der Waals surface area contributed by atoms with Crippen molar-refractivity contribution in [2.45, 2.75) is 5.16 Å². The third-order valence-electron chi connectivity index (χ3n) is 3.54. The van der Waals surface area contributed by atoms with Crippen LogP contribution in [0.5, 0.6) is 5.75 Å². The van der Waals surface area contributed by atoms with Gasteiger partial charge >= 0.3 is 11.7 Å². The second-order valence-electron chi connectivity index (χ2n) is 5.41. The van der Waals surface area contributed by atoms with Crippen molar-refractivity contribution >= 4 is 23.4 Å². The Bertz CT molecular complexity index is 1000. The van der Waals surface area contributed by atoms with Gasteiger partial charge in [0.25, 0.3) is 4.92 Å². The lowest BCUT2D eigenvalue weighted by atomic mass is 10.0. The highest BCUT2D eigenvalue weighted by Gasteiger charge is 2.20. The van der Waals surface area contributed by atoms with Crippen molar-refractivity contribution in [3.63, 3.8) is 0 Å². The molecule has 1 heterocycles. The third kappa shape index (κ3) is 4.42. The van der Waals surface area contributed by atoms with E-state index in [1.807, 2.05) is 0 Å². The number of benzene rings is 2. The summed E-state index contributed by atoms with van der Waals surface area (Å²) in [6.45, 7) is 0. The van der Waals surface area contributed by atoms with Crippen molar-refractivity contribution in [1.29, 1.82) is 0 Å². The predicted molar refractivity (Wildman–Crippen MR) is 97.6 cm³/mol. The molecule has 0 aliphatic rings. The quantitative estimate of drug-likeness (QED) is 0.417. The van der Waals surface area contributed by atoms with Crippen LogP contribution in [0.1, 0.15) is 0 Å². The summed E-state index contributed by atoms with van der Waals surface area (Å²) in [5, 5.41) is 25.5. The molecule has 138 valence electrons. The van der Waals surface area contributed by atoms with Gasteiger partial charge in [-0.05, 0) is 29.3 Å². The molecule has 0 spiro atoms. The van der Waals surface area contributed by atoms with E-state index in [2.05, 4.69) is 15.2 Å². The molecule has 0 unspecified atom stereocenters. The van der Waals surface area contributed by atoms with Crippen LogP contribution >= 0.6 is 11.8 Å². The molecule has 0 fully saturated rings. The number of aromatic amines is 1. The van der Waals surface area contributed by atoms with E-state index in [4.69, 9.17) is 9.94 Å². The minimum absolute atomic E-state index is 0.0946. The van der Waals surface area contributed by atoms with Gasteiger partial charge in [0, 0.05) is 17.7 Å². The first kappa shape index (κ1) is 18.4. The number of phenols is 1. The van der Waals surface area contributed by atoms with Crippen molar-refractivity contribution in [2.75, 3.05) is 12.9 Å². The number of carbonyl (C=O) groups is 1. The van der Waals surface area contributed by atoms with E-state index in [0.29, 0.717) is 27.4 Å². The number of nitrogens with one attached hydrogen (secondary N) is 1. The van der Waals surface area contributed by atoms with Crippen LogP contribution in [0.15, 0.2) is 47.6 Å². The molecule has 0 saturated carbocycles. The second kappa shape index (κ2) is 7.87. The minimum atomic E-state index is -0.971. The first-order chi connectivity index (χ1) is 13.0. The molecule has 0 atom stereocenters. The standard InChI is InChI=1S/C17H14N4O5S/c1-26-21(25)13-6-11(10-3-2-4-14(22)8-10)5-12(7-13)16-18-17(20-19-16)27-9-15(23)24/h2-8H,9H2,1H3,(H2-,18,19,20,22,23,24)/p+1. The Morgan fingerprint density at radius 3 is 2.70 bits per heavy atom. The summed E-state index contributed by atoms with van der Waals surface area (Å²) in [6, 6.07) is 11.6. The second-order valence-corrected chi connectivity index (χ2v) is 6.35. The fraction of sp³-hybridized carbons (Fsp3) is 0.118.